The van der Waals surface area contributed by atoms with Crippen LogP contribution in [0.15, 0.2) is 42.5 Å². The first kappa shape index (κ1) is 9.21. The molecule has 0 unspecified atom stereocenters. The second-order valence-corrected chi connectivity index (χ2v) is 4.78. The van der Waals surface area contributed by atoms with Crippen LogP contribution in [0.2, 0.25) is 0 Å². The Bertz CT molecular complexity index is 520. The molecule has 3 rings (SSSR count). The maximum atomic E-state index is 5.90. The molecule has 1 aliphatic heterocycles. The summed E-state index contributed by atoms with van der Waals surface area (Å²) < 4.78 is 7.08. The highest BCUT2D eigenvalue weighted by atomic mass is 127. The van der Waals surface area contributed by atoms with Crippen LogP contribution in [0.3, 0.4) is 0 Å². The molecular formula is C13H9IO. The van der Waals surface area contributed by atoms with Crippen molar-refractivity contribution >= 4 is 22.6 Å². The lowest BCUT2D eigenvalue weighted by atomic mass is 10.0. The van der Waals surface area contributed by atoms with Crippen molar-refractivity contribution in [2.45, 2.75) is 6.42 Å². The van der Waals surface area contributed by atoms with Gasteiger partial charge in [0.05, 0.1) is 3.57 Å². The van der Waals surface area contributed by atoms with Gasteiger partial charge in [0.1, 0.15) is 11.5 Å². The highest BCUT2D eigenvalue weighted by Gasteiger charge is 2.17. The predicted molar refractivity (Wildman–Crippen MR) is 68.5 cm³/mol. The Balaban J connectivity index is 2.15. The quantitative estimate of drug-likeness (QED) is 0.571. The molecule has 1 aliphatic rings. The van der Waals surface area contributed by atoms with Crippen LogP contribution in [0.25, 0.3) is 0 Å². The molecule has 0 amide bonds. The molecule has 0 aliphatic carbocycles. The Morgan fingerprint density at radius 3 is 2.67 bits per heavy atom. The van der Waals surface area contributed by atoms with Crippen molar-refractivity contribution in [3.63, 3.8) is 0 Å². The molecule has 0 saturated heterocycles. The van der Waals surface area contributed by atoms with Gasteiger partial charge in [0.15, 0.2) is 0 Å². The topological polar surface area (TPSA) is 9.23 Å². The van der Waals surface area contributed by atoms with Gasteiger partial charge in [-0.15, -0.1) is 0 Å². The zero-order valence-corrected chi connectivity index (χ0v) is 10.2. The molecule has 2 heteroatoms. The Morgan fingerprint density at radius 1 is 0.933 bits per heavy atom. The van der Waals surface area contributed by atoms with E-state index in [0.29, 0.717) is 0 Å². The molecule has 0 N–H and O–H groups in total. The molecule has 2 aromatic carbocycles. The molecule has 1 heterocycles. The third-order valence-electron chi connectivity index (χ3n) is 2.61. The van der Waals surface area contributed by atoms with Crippen molar-refractivity contribution in [1.82, 2.24) is 0 Å². The summed E-state index contributed by atoms with van der Waals surface area (Å²) in [4.78, 5) is 0. The number of para-hydroxylation sites is 2. The highest BCUT2D eigenvalue weighted by molar-refractivity contribution is 14.1. The SMILES string of the molecule is Ic1cccc2c1Oc1ccccc1C2. The number of benzene rings is 2. The van der Waals surface area contributed by atoms with Crippen LogP contribution in [0.1, 0.15) is 11.1 Å². The van der Waals surface area contributed by atoms with E-state index < -0.39 is 0 Å². The maximum Gasteiger partial charge on any atom is 0.144 e. The van der Waals surface area contributed by atoms with Crippen molar-refractivity contribution in [1.29, 1.82) is 0 Å². The lowest BCUT2D eigenvalue weighted by Crippen LogP contribution is -2.03. The summed E-state index contributed by atoms with van der Waals surface area (Å²) in [6, 6.07) is 14.5. The van der Waals surface area contributed by atoms with Gasteiger partial charge in [-0.05, 0) is 40.3 Å². The number of hydrogen-bond acceptors (Lipinski definition) is 1. The first-order chi connectivity index (χ1) is 7.34. The normalized spacial score (nSPS) is 12.6. The summed E-state index contributed by atoms with van der Waals surface area (Å²) in [5, 5.41) is 0. The summed E-state index contributed by atoms with van der Waals surface area (Å²) in [7, 11) is 0. The maximum absolute atomic E-state index is 5.90. The van der Waals surface area contributed by atoms with Crippen LogP contribution in [0.5, 0.6) is 11.5 Å². The van der Waals surface area contributed by atoms with Gasteiger partial charge in [-0.1, -0.05) is 30.3 Å². The molecule has 2 aromatic rings. The second-order valence-electron chi connectivity index (χ2n) is 3.61. The van der Waals surface area contributed by atoms with Crippen LogP contribution in [0.4, 0.5) is 0 Å². The Labute approximate surface area is 102 Å². The van der Waals surface area contributed by atoms with Crippen molar-refractivity contribution in [2.75, 3.05) is 0 Å². The number of ether oxygens (including phenoxy) is 1. The Kier molecular flexibility index (Phi) is 2.16. The van der Waals surface area contributed by atoms with Gasteiger partial charge in [-0.2, -0.15) is 0 Å². The minimum Gasteiger partial charge on any atom is -0.456 e. The van der Waals surface area contributed by atoms with Crippen molar-refractivity contribution in [3.8, 4) is 11.5 Å². The van der Waals surface area contributed by atoms with Gasteiger partial charge in [-0.25, -0.2) is 0 Å². The van der Waals surface area contributed by atoms with Crippen LogP contribution in [-0.2, 0) is 6.42 Å². The standard InChI is InChI=1S/C13H9IO/c14-11-6-3-5-10-8-9-4-1-2-7-12(9)15-13(10)11/h1-7H,8H2. The summed E-state index contributed by atoms with van der Waals surface area (Å²) in [5.74, 6) is 2.02. The molecule has 0 bridgehead atoms. The molecule has 15 heavy (non-hydrogen) atoms. The van der Waals surface area contributed by atoms with E-state index in [1.54, 1.807) is 0 Å². The molecule has 1 nitrogen and oxygen atoms in total. The molecule has 0 spiro atoms. The van der Waals surface area contributed by atoms with Crippen LogP contribution < -0.4 is 4.74 Å². The lowest BCUT2D eigenvalue weighted by molar-refractivity contribution is 0.456. The highest BCUT2D eigenvalue weighted by Crippen LogP contribution is 2.38. The summed E-state index contributed by atoms with van der Waals surface area (Å²) in [6.07, 6.45) is 0.975. The monoisotopic (exact) mass is 308 g/mol. The summed E-state index contributed by atoms with van der Waals surface area (Å²) in [6.45, 7) is 0. The second kappa shape index (κ2) is 3.52. The molecule has 0 atom stereocenters. The van der Waals surface area contributed by atoms with Crippen molar-refractivity contribution in [3.05, 3.63) is 57.2 Å². The van der Waals surface area contributed by atoms with E-state index in [0.717, 1.165) is 17.9 Å². The largest absolute Gasteiger partial charge is 0.456 e. The van der Waals surface area contributed by atoms with E-state index in [-0.39, 0.29) is 0 Å². The fourth-order valence-corrected chi connectivity index (χ4v) is 2.54. The zero-order valence-electron chi connectivity index (χ0n) is 8.03. The van der Waals surface area contributed by atoms with E-state index in [4.69, 9.17) is 4.74 Å². The summed E-state index contributed by atoms with van der Waals surface area (Å²) >= 11 is 2.32. The molecule has 0 radical (unpaired) electrons. The van der Waals surface area contributed by atoms with E-state index in [1.807, 2.05) is 12.1 Å². The third-order valence-corrected chi connectivity index (χ3v) is 3.46. The number of fused-ring (bicyclic) bond motifs is 2. The number of halogens is 1. The molecule has 74 valence electrons. The summed E-state index contributed by atoms with van der Waals surface area (Å²) in [5.41, 5.74) is 2.55. The average molecular weight is 308 g/mol. The number of hydrogen-bond donors (Lipinski definition) is 0. The van der Waals surface area contributed by atoms with Gasteiger partial charge in [0, 0.05) is 12.0 Å². The molecule has 0 aromatic heterocycles. The van der Waals surface area contributed by atoms with E-state index in [1.165, 1.54) is 14.7 Å². The van der Waals surface area contributed by atoms with Gasteiger partial charge < -0.3 is 4.74 Å². The zero-order chi connectivity index (χ0) is 10.3. The minimum atomic E-state index is 0.975. The third kappa shape index (κ3) is 1.53. The van der Waals surface area contributed by atoms with E-state index in [9.17, 15) is 0 Å². The predicted octanol–water partition coefficient (Wildman–Crippen LogP) is 3.99. The lowest BCUT2D eigenvalue weighted by Gasteiger charge is -2.20. The van der Waals surface area contributed by atoms with Crippen LogP contribution in [-0.4, -0.2) is 0 Å². The van der Waals surface area contributed by atoms with Crippen molar-refractivity contribution in [2.24, 2.45) is 0 Å². The van der Waals surface area contributed by atoms with E-state index >= 15 is 0 Å². The number of rotatable bonds is 0. The average Bonchev–Trinajstić information content (AvgIpc) is 2.27. The smallest absolute Gasteiger partial charge is 0.144 e. The van der Waals surface area contributed by atoms with E-state index in [2.05, 4.69) is 52.9 Å². The molecule has 0 saturated carbocycles. The van der Waals surface area contributed by atoms with Crippen LogP contribution >= 0.6 is 22.6 Å². The van der Waals surface area contributed by atoms with Crippen LogP contribution in [0, 0.1) is 3.57 Å². The van der Waals surface area contributed by atoms with Gasteiger partial charge in [-0.3, -0.25) is 0 Å². The van der Waals surface area contributed by atoms with Gasteiger partial charge in [0.2, 0.25) is 0 Å². The first-order valence-electron chi connectivity index (χ1n) is 4.88. The fourth-order valence-electron chi connectivity index (χ4n) is 1.87. The Morgan fingerprint density at radius 2 is 1.73 bits per heavy atom. The molecule has 0 fully saturated rings. The van der Waals surface area contributed by atoms with Gasteiger partial charge >= 0.3 is 0 Å². The van der Waals surface area contributed by atoms with Gasteiger partial charge in [0.25, 0.3) is 0 Å². The fraction of sp³-hybridized carbons (Fsp3) is 0.0769. The minimum absolute atomic E-state index is 0.975. The van der Waals surface area contributed by atoms with Crippen molar-refractivity contribution < 1.29 is 4.74 Å². The Hall–Kier alpha value is -1.03. The first-order valence-corrected chi connectivity index (χ1v) is 5.95. The molecular weight excluding hydrogens is 299 g/mol.